The molecule has 3 aliphatic rings. The first-order chi connectivity index (χ1) is 20.1. The Balaban J connectivity index is 0.000000299. The summed E-state index contributed by atoms with van der Waals surface area (Å²) in [6.45, 7) is 25.9. The van der Waals surface area contributed by atoms with Crippen LogP contribution in [0.5, 0.6) is 23.0 Å². The average Bonchev–Trinajstić information content (AvgIpc) is 3.39. The van der Waals surface area contributed by atoms with Gasteiger partial charge >= 0.3 is 21.4 Å². The lowest BCUT2D eigenvalue weighted by atomic mass is 9.90. The van der Waals surface area contributed by atoms with E-state index in [9.17, 15) is 0 Å². The molecular weight excluding hydrogens is 525 g/mol. The van der Waals surface area contributed by atoms with E-state index >= 15 is 0 Å². The highest BCUT2D eigenvalue weighted by Crippen LogP contribution is 2.39. The van der Waals surface area contributed by atoms with E-state index in [0.717, 1.165) is 34.1 Å². The number of hydrogen-bond donors (Lipinski definition) is 0. The maximum atomic E-state index is 5.72. The summed E-state index contributed by atoms with van der Waals surface area (Å²) in [6.07, 6.45) is 0. The lowest BCUT2D eigenvalue weighted by Crippen LogP contribution is -2.41. The van der Waals surface area contributed by atoms with Crippen LogP contribution in [0.3, 0.4) is 0 Å². The first kappa shape index (κ1) is 37.0. The predicted octanol–water partition coefficient (Wildman–Crippen LogP) is 9.61. The molecule has 0 atom stereocenters. The lowest BCUT2D eigenvalue weighted by Gasteiger charge is -2.32. The van der Waals surface area contributed by atoms with Gasteiger partial charge in [0.15, 0.2) is 0 Å². The Morgan fingerprint density at radius 2 is 0.667 bits per heavy atom. The summed E-state index contributed by atoms with van der Waals surface area (Å²) in [4.78, 5) is 0. The molecule has 0 radical (unpaired) electrons. The van der Waals surface area contributed by atoms with E-state index < -0.39 is 0 Å². The van der Waals surface area contributed by atoms with E-state index in [0.29, 0.717) is 0 Å². The van der Waals surface area contributed by atoms with Crippen molar-refractivity contribution in [2.24, 2.45) is 0 Å². The molecule has 3 aromatic carbocycles. The Hall–Kier alpha value is -3.03. The summed E-state index contributed by atoms with van der Waals surface area (Å²) in [6, 6.07) is 23.7. The van der Waals surface area contributed by atoms with Gasteiger partial charge in [0.05, 0.1) is 11.2 Å². The second-order valence-corrected chi connectivity index (χ2v) is 9.87. The fourth-order valence-corrected chi connectivity index (χ4v) is 4.13. The van der Waals surface area contributed by atoms with Crippen molar-refractivity contribution in [1.82, 2.24) is 0 Å². The fraction of sp³-hybridized carbons (Fsp3) is 0.455. The third kappa shape index (κ3) is 10.1. The van der Waals surface area contributed by atoms with Gasteiger partial charge in [-0.1, -0.05) is 90.1 Å². The van der Waals surface area contributed by atoms with Gasteiger partial charge in [0.25, 0.3) is 0 Å². The molecule has 228 valence electrons. The zero-order valence-electron chi connectivity index (χ0n) is 28.1. The van der Waals surface area contributed by atoms with Crippen LogP contribution in [-0.4, -0.2) is 32.6 Å². The topological polar surface area (TPSA) is 55.4 Å². The molecule has 42 heavy (non-hydrogen) atoms. The van der Waals surface area contributed by atoms with Gasteiger partial charge in [-0.15, -0.1) is 0 Å². The summed E-state index contributed by atoms with van der Waals surface area (Å²) in [5.74, 6) is 3.44. The van der Waals surface area contributed by atoms with Crippen molar-refractivity contribution in [2.45, 2.75) is 101 Å². The van der Waals surface area contributed by atoms with Crippen LogP contribution in [0.4, 0.5) is 0 Å². The van der Waals surface area contributed by atoms with Crippen molar-refractivity contribution in [3.05, 3.63) is 72.8 Å². The van der Waals surface area contributed by atoms with Gasteiger partial charge in [-0.3, -0.25) is 0 Å². The van der Waals surface area contributed by atoms with Gasteiger partial charge in [0, 0.05) is 11.1 Å². The molecule has 0 N–H and O–H groups in total. The van der Waals surface area contributed by atoms with Crippen molar-refractivity contribution in [1.29, 1.82) is 0 Å². The molecule has 3 aromatic rings. The molecule has 0 bridgehead atoms. The van der Waals surface area contributed by atoms with E-state index in [4.69, 9.17) is 27.9 Å². The summed E-state index contributed by atoms with van der Waals surface area (Å²) in [5.41, 5.74) is 1.85. The maximum Gasteiger partial charge on any atom is 0.591 e. The van der Waals surface area contributed by atoms with Crippen molar-refractivity contribution in [3.63, 3.8) is 0 Å². The third-order valence-corrected chi connectivity index (χ3v) is 6.46. The van der Waals surface area contributed by atoms with Crippen LogP contribution in [-0.2, 0) is 9.31 Å². The molecule has 0 aliphatic carbocycles. The number of hydrogen-bond acceptors (Lipinski definition) is 6. The minimum absolute atomic E-state index is 0.0648. The zero-order chi connectivity index (χ0) is 31.9. The highest BCUT2D eigenvalue weighted by Gasteiger charge is 2.48. The highest BCUT2D eigenvalue weighted by atomic mass is 16.7. The van der Waals surface area contributed by atoms with Crippen molar-refractivity contribution in [3.8, 4) is 34.1 Å². The van der Waals surface area contributed by atoms with E-state index in [1.807, 2.05) is 123 Å². The van der Waals surface area contributed by atoms with Gasteiger partial charge in [0.2, 0.25) is 0 Å². The molecular formula is C33H51B3O6. The minimum Gasteiger partial charge on any atom is -0.525 e. The molecule has 0 aromatic heterocycles. The maximum absolute atomic E-state index is 5.72. The molecule has 0 saturated carbocycles. The lowest BCUT2D eigenvalue weighted by molar-refractivity contribution is 0.00578. The zero-order valence-corrected chi connectivity index (χ0v) is 28.1. The van der Waals surface area contributed by atoms with Crippen molar-refractivity contribution < 1.29 is 27.9 Å². The Kier molecular flexibility index (Phi) is 15.7. The molecule has 9 heteroatoms. The van der Waals surface area contributed by atoms with E-state index in [1.165, 1.54) is 0 Å². The Morgan fingerprint density at radius 3 is 0.952 bits per heavy atom. The quantitative estimate of drug-likeness (QED) is 0.249. The number of fused-ring (bicyclic) bond motifs is 4. The normalized spacial score (nSPS) is 15.6. The molecule has 0 spiro atoms. The van der Waals surface area contributed by atoms with Crippen molar-refractivity contribution >= 4 is 21.4 Å². The molecule has 1 saturated heterocycles. The minimum atomic E-state index is -0.259. The largest absolute Gasteiger partial charge is 0.591 e. The Bertz CT molecular complexity index is 1100. The van der Waals surface area contributed by atoms with Crippen molar-refractivity contribution in [2.75, 3.05) is 0 Å². The number of rotatable bonds is 0. The first-order valence-electron chi connectivity index (χ1n) is 15.4. The van der Waals surface area contributed by atoms with E-state index in [1.54, 1.807) is 0 Å². The van der Waals surface area contributed by atoms with Crippen LogP contribution in [0.2, 0.25) is 20.5 Å². The predicted molar refractivity (Wildman–Crippen MR) is 180 cm³/mol. The molecule has 3 heterocycles. The third-order valence-electron chi connectivity index (χ3n) is 6.46. The molecule has 0 amide bonds. The molecule has 3 aliphatic heterocycles. The van der Waals surface area contributed by atoms with Gasteiger partial charge in [-0.05, 0) is 72.4 Å². The molecule has 6 rings (SSSR count). The smallest absolute Gasteiger partial charge is 0.525 e. The standard InChI is InChI=1S/C13H11BO2.C7H7BO2.C7H15BO2.3C2H6/c1-14-15-12-8-4-2-6-10(12)11-7-3-5-9-13(11)16-14;1-8-9-6-4-2-3-5-7(6)10-8;1-6(2)7(3,4)10-8(5)9-6;3*1-2/h2-9H,1H3;2-5H,1H3;1-5H3;3*1-2H3. The fourth-order valence-electron chi connectivity index (χ4n) is 4.13. The summed E-state index contributed by atoms with van der Waals surface area (Å²) in [7, 11) is -0.452. The van der Waals surface area contributed by atoms with Crippen LogP contribution < -0.4 is 18.6 Å². The SMILES string of the molecule is CB1OC(C)(C)C(C)(C)O1.CB1Oc2ccccc2-c2ccccc2O1.CB1Oc2ccccc2O1.CC.CC.CC. The average molecular weight is 576 g/mol. The van der Waals surface area contributed by atoms with Gasteiger partial charge in [-0.25, -0.2) is 0 Å². The van der Waals surface area contributed by atoms with E-state index in [2.05, 4.69) is 39.8 Å². The molecule has 0 unspecified atom stereocenters. The van der Waals surface area contributed by atoms with Crippen LogP contribution in [0.25, 0.3) is 11.1 Å². The van der Waals surface area contributed by atoms with Gasteiger partial charge in [0.1, 0.15) is 23.0 Å². The molecule has 1 fully saturated rings. The van der Waals surface area contributed by atoms with Crippen LogP contribution in [0.1, 0.15) is 69.2 Å². The Labute approximate surface area is 256 Å². The van der Waals surface area contributed by atoms with Gasteiger partial charge < -0.3 is 27.9 Å². The summed E-state index contributed by atoms with van der Waals surface area (Å²) < 4.78 is 33.1. The van der Waals surface area contributed by atoms with Crippen LogP contribution in [0, 0.1) is 0 Å². The Morgan fingerprint density at radius 1 is 0.405 bits per heavy atom. The van der Waals surface area contributed by atoms with E-state index in [-0.39, 0.29) is 32.6 Å². The summed E-state index contributed by atoms with van der Waals surface area (Å²) >= 11 is 0. The first-order valence-corrected chi connectivity index (χ1v) is 15.4. The monoisotopic (exact) mass is 576 g/mol. The summed E-state index contributed by atoms with van der Waals surface area (Å²) in [5, 5.41) is 0. The van der Waals surface area contributed by atoms with Gasteiger partial charge in [-0.2, -0.15) is 0 Å². The second-order valence-electron chi connectivity index (χ2n) is 9.87. The highest BCUT2D eigenvalue weighted by molar-refractivity contribution is 6.46. The number of para-hydroxylation sites is 4. The molecule has 6 nitrogen and oxygen atoms in total. The number of benzene rings is 3. The van der Waals surface area contributed by atoms with Crippen LogP contribution >= 0.6 is 0 Å². The second kappa shape index (κ2) is 17.8. The van der Waals surface area contributed by atoms with Crippen LogP contribution in [0.15, 0.2) is 72.8 Å².